The van der Waals surface area contributed by atoms with E-state index < -0.39 is 59.6 Å². The van der Waals surface area contributed by atoms with Crippen LogP contribution in [0.3, 0.4) is 0 Å². The molecule has 5 N–H and O–H groups in total. The number of hydrogen-bond donors (Lipinski definition) is 5. The Hall–Kier alpha value is -6.74. The molecule has 0 aliphatic rings. The fourth-order valence-electron chi connectivity index (χ4n) is 6.12. The van der Waals surface area contributed by atoms with Gasteiger partial charge >= 0.3 is 17.8 Å². The largest absolute Gasteiger partial charge is 0.463 e. The number of hydrogen-bond acceptors (Lipinski definition) is 14. The monoisotopic (exact) mass is 918 g/mol. The fourth-order valence-corrected chi connectivity index (χ4v) is 6.12. The fraction of sp³-hybridized carbons (Fsp3) is 0.435. The molecule has 0 unspecified atom stereocenters. The second kappa shape index (κ2) is 27.6. The number of aromatic nitrogens is 2. The zero-order valence-electron chi connectivity index (χ0n) is 37.3. The van der Waals surface area contributed by atoms with E-state index in [0.717, 1.165) is 16.2 Å². The summed E-state index contributed by atoms with van der Waals surface area (Å²) in [5, 5.41) is 21.7. The highest BCUT2D eigenvalue weighted by Crippen LogP contribution is 2.15. The van der Waals surface area contributed by atoms with Crippen LogP contribution in [0.4, 0.5) is 4.79 Å². The van der Waals surface area contributed by atoms with Crippen LogP contribution in [-0.4, -0.2) is 126 Å². The molecular weight excluding hydrogens is 861 g/mol. The Morgan fingerprint density at radius 2 is 1.36 bits per heavy atom. The summed E-state index contributed by atoms with van der Waals surface area (Å²) in [5.41, 5.74) is 1.55. The lowest BCUT2D eigenvalue weighted by Gasteiger charge is -2.31. The first-order chi connectivity index (χ1) is 31.7. The molecule has 4 rings (SSSR count). The van der Waals surface area contributed by atoms with Gasteiger partial charge in [-0.15, -0.1) is 0 Å². The third-order valence-corrected chi connectivity index (χ3v) is 9.44. The predicted molar refractivity (Wildman–Crippen MR) is 237 cm³/mol. The highest BCUT2D eigenvalue weighted by atomic mass is 16.7. The number of carboxylic acid groups (broad SMARTS) is 1. The molecule has 356 valence electrons. The molecule has 1 heterocycles. The molecule has 0 fully saturated rings. The van der Waals surface area contributed by atoms with E-state index in [2.05, 4.69) is 30.6 Å². The maximum atomic E-state index is 13.9. The van der Waals surface area contributed by atoms with Gasteiger partial charge in [0.1, 0.15) is 12.6 Å². The highest BCUT2D eigenvalue weighted by Gasteiger charge is 2.30. The van der Waals surface area contributed by atoms with Gasteiger partial charge in [-0.3, -0.25) is 38.3 Å². The third kappa shape index (κ3) is 19.2. The number of H-pyrrole nitrogens is 1. The van der Waals surface area contributed by atoms with Crippen molar-refractivity contribution in [3.05, 3.63) is 112 Å². The van der Waals surface area contributed by atoms with Gasteiger partial charge in [0.25, 0.3) is 5.91 Å². The van der Waals surface area contributed by atoms with Gasteiger partial charge in [-0.05, 0) is 56.9 Å². The topological polar surface area (TPSA) is 267 Å². The Labute approximate surface area is 381 Å². The maximum Gasteiger partial charge on any atom is 0.439 e. The number of esters is 1. The van der Waals surface area contributed by atoms with Crippen molar-refractivity contribution in [2.45, 2.75) is 77.1 Å². The summed E-state index contributed by atoms with van der Waals surface area (Å²) in [4.78, 5) is 96.9. The van der Waals surface area contributed by atoms with Gasteiger partial charge in [0.2, 0.25) is 11.8 Å². The number of benzene rings is 3. The second-order valence-electron chi connectivity index (χ2n) is 15.7. The van der Waals surface area contributed by atoms with Crippen LogP contribution in [0.15, 0.2) is 94.2 Å². The minimum Gasteiger partial charge on any atom is -0.463 e. The van der Waals surface area contributed by atoms with E-state index in [1.54, 1.807) is 69.3 Å². The molecule has 4 amide bonds. The van der Waals surface area contributed by atoms with Crippen LogP contribution in [-0.2, 0) is 56.0 Å². The molecule has 3 aromatic carbocycles. The molecule has 66 heavy (non-hydrogen) atoms. The standard InChI is InChI=1S/C46H58N6O14/c1-46(2,3)52(45(59)60)65-28-27-63-26-25-62-24-23-61-22-10-15-38(53)36(29-32-11-6-4-7-12-32)49-43(57)37(30-40(55)64-31-33-13-8-5-9-14-33)48-39(54)20-21-47-42(56)35-18-16-34(17-19-35)41-50-44(58)66-51-41/h4-9,11-14,16-19,36-37H,10,15,20-31H2,1-3H3,(H,47,56)(H,48,54)(H,49,57)(H,59,60)(H,50,51,58)/t36-,37-/m0/s1. The lowest BCUT2D eigenvalue weighted by molar-refractivity contribution is -0.187. The molecular formula is C46H58N6O14. The van der Waals surface area contributed by atoms with Crippen molar-refractivity contribution >= 4 is 35.6 Å². The summed E-state index contributed by atoms with van der Waals surface area (Å²) in [6.45, 7) is 6.51. The van der Waals surface area contributed by atoms with Crippen LogP contribution in [0, 0.1) is 0 Å². The quantitative estimate of drug-likeness (QED) is 0.0296. The van der Waals surface area contributed by atoms with E-state index in [0.29, 0.717) is 12.0 Å². The smallest absolute Gasteiger partial charge is 0.439 e. The molecule has 2 atom stereocenters. The van der Waals surface area contributed by atoms with Crippen LogP contribution >= 0.6 is 0 Å². The summed E-state index contributed by atoms with van der Waals surface area (Å²) in [5.74, 6) is -3.49. The maximum absolute atomic E-state index is 13.9. The zero-order chi connectivity index (χ0) is 47.7. The van der Waals surface area contributed by atoms with Crippen molar-refractivity contribution in [3.8, 4) is 11.4 Å². The van der Waals surface area contributed by atoms with E-state index in [9.17, 15) is 38.7 Å². The van der Waals surface area contributed by atoms with Gasteiger partial charge in [-0.25, -0.2) is 9.59 Å². The van der Waals surface area contributed by atoms with Gasteiger partial charge in [0, 0.05) is 37.1 Å². The molecule has 0 bridgehead atoms. The minimum atomic E-state index is -1.42. The number of rotatable bonds is 29. The van der Waals surface area contributed by atoms with Crippen molar-refractivity contribution in [1.82, 2.24) is 31.2 Å². The molecule has 0 saturated heterocycles. The SMILES string of the molecule is CC(C)(C)N(OCCOCCOCCOCCCC(=O)[C@H](Cc1ccccc1)NC(=O)[C@H](CC(=O)OCc1ccccc1)NC(=O)CCNC(=O)c1ccc(-c2noc(=O)[nH]2)cc1)C(=O)O. The number of ether oxygens (including phenoxy) is 4. The molecule has 0 aliphatic heterocycles. The van der Waals surface area contributed by atoms with Crippen LogP contribution in [0.1, 0.15) is 67.9 Å². The number of carbonyl (C=O) groups is 6. The molecule has 0 saturated carbocycles. The highest BCUT2D eigenvalue weighted by molar-refractivity contribution is 5.96. The molecule has 20 nitrogen and oxygen atoms in total. The van der Waals surface area contributed by atoms with Crippen molar-refractivity contribution in [1.29, 1.82) is 0 Å². The molecule has 1 aromatic heterocycles. The average molecular weight is 919 g/mol. The van der Waals surface area contributed by atoms with Gasteiger partial charge in [0.15, 0.2) is 11.6 Å². The number of amides is 4. The number of carbonyl (C=O) groups excluding carboxylic acids is 5. The van der Waals surface area contributed by atoms with Gasteiger partial charge in [-0.1, -0.05) is 78.0 Å². The summed E-state index contributed by atoms with van der Waals surface area (Å²) in [6, 6.07) is 21.7. The first-order valence-corrected chi connectivity index (χ1v) is 21.4. The first kappa shape index (κ1) is 51.9. The van der Waals surface area contributed by atoms with Crippen LogP contribution < -0.4 is 21.7 Å². The summed E-state index contributed by atoms with van der Waals surface area (Å²) in [6.07, 6.45) is -1.43. The van der Waals surface area contributed by atoms with Gasteiger partial charge in [0.05, 0.1) is 57.6 Å². The van der Waals surface area contributed by atoms with Gasteiger partial charge in [-0.2, -0.15) is 5.06 Å². The third-order valence-electron chi connectivity index (χ3n) is 9.44. The van der Waals surface area contributed by atoms with Crippen molar-refractivity contribution in [2.24, 2.45) is 0 Å². The van der Waals surface area contributed by atoms with E-state index >= 15 is 0 Å². The number of aromatic amines is 1. The number of hydroxylamine groups is 2. The summed E-state index contributed by atoms with van der Waals surface area (Å²) < 4.78 is 26.5. The first-order valence-electron chi connectivity index (χ1n) is 21.4. The van der Waals surface area contributed by atoms with E-state index in [1.807, 2.05) is 24.3 Å². The van der Waals surface area contributed by atoms with Crippen LogP contribution in [0.5, 0.6) is 0 Å². The number of nitrogens with one attached hydrogen (secondary N) is 4. The van der Waals surface area contributed by atoms with Crippen LogP contribution in [0.2, 0.25) is 0 Å². The number of nitrogens with zero attached hydrogens (tertiary/aromatic N) is 2. The molecule has 0 radical (unpaired) electrons. The Kier molecular flexibility index (Phi) is 21.7. The molecule has 20 heteroatoms. The van der Waals surface area contributed by atoms with E-state index in [4.69, 9.17) is 23.8 Å². The number of ketones is 1. The van der Waals surface area contributed by atoms with E-state index in [-0.39, 0.29) is 95.8 Å². The lowest BCUT2D eigenvalue weighted by atomic mass is 9.99. The molecule has 0 aliphatic carbocycles. The van der Waals surface area contributed by atoms with Crippen molar-refractivity contribution in [3.63, 3.8) is 0 Å². The Bertz CT molecular complexity index is 2190. The normalized spacial score (nSPS) is 12.1. The predicted octanol–water partition coefficient (Wildman–Crippen LogP) is 3.60. The second-order valence-corrected chi connectivity index (χ2v) is 15.7. The summed E-state index contributed by atoms with van der Waals surface area (Å²) in [7, 11) is 0. The Morgan fingerprint density at radius 1 is 0.758 bits per heavy atom. The summed E-state index contributed by atoms with van der Waals surface area (Å²) >= 11 is 0. The van der Waals surface area contributed by atoms with Gasteiger partial charge < -0.3 is 40.0 Å². The minimum absolute atomic E-state index is 0.0569. The van der Waals surface area contributed by atoms with Crippen LogP contribution in [0.25, 0.3) is 11.4 Å². The van der Waals surface area contributed by atoms with E-state index in [1.165, 1.54) is 12.1 Å². The Morgan fingerprint density at radius 3 is 1.95 bits per heavy atom. The molecule has 4 aromatic rings. The van der Waals surface area contributed by atoms with Crippen molar-refractivity contribution in [2.75, 3.05) is 52.8 Å². The Balaban J connectivity index is 1.26. The number of Topliss-reactive ketones (excluding diaryl/α,β-unsaturated/α-hetero) is 1. The van der Waals surface area contributed by atoms with Crippen molar-refractivity contribution < 1.29 is 62.2 Å². The molecule has 0 spiro atoms. The average Bonchev–Trinajstić information content (AvgIpc) is 3.74. The zero-order valence-corrected chi connectivity index (χ0v) is 37.3. The lowest BCUT2D eigenvalue weighted by Crippen LogP contribution is -2.53.